The van der Waals surface area contributed by atoms with Crippen LogP contribution in [0.15, 0.2) is 18.2 Å². The highest BCUT2D eigenvalue weighted by molar-refractivity contribution is 5.98. The lowest BCUT2D eigenvalue weighted by Gasteiger charge is -2.11. The first-order chi connectivity index (χ1) is 7.54. The van der Waals surface area contributed by atoms with Crippen LogP contribution in [0.25, 0.3) is 0 Å². The fourth-order valence-electron chi connectivity index (χ4n) is 1.85. The molecule has 1 unspecified atom stereocenters. The first kappa shape index (κ1) is 12.9. The average molecular weight is 219 g/mol. The first-order valence-corrected chi connectivity index (χ1v) is 5.87. The number of hydrogen-bond acceptors (Lipinski definition) is 2. The van der Waals surface area contributed by atoms with E-state index in [1.165, 1.54) is 0 Å². The minimum Gasteiger partial charge on any atom is -0.316 e. The molecule has 2 heteroatoms. The summed E-state index contributed by atoms with van der Waals surface area (Å²) in [6, 6.07) is 6.03. The molecule has 0 heterocycles. The molecule has 1 aromatic rings. The van der Waals surface area contributed by atoms with Gasteiger partial charge in [0.15, 0.2) is 5.78 Å². The Bertz CT molecular complexity index is 351. The van der Waals surface area contributed by atoms with E-state index in [-0.39, 0.29) is 11.7 Å². The van der Waals surface area contributed by atoms with Crippen molar-refractivity contribution in [3.05, 3.63) is 34.9 Å². The van der Waals surface area contributed by atoms with Crippen LogP contribution in [0.4, 0.5) is 0 Å². The number of carbonyl (C=O) groups excluding carboxylic acids is 1. The second-order valence-corrected chi connectivity index (χ2v) is 4.45. The van der Waals surface area contributed by atoms with E-state index in [0.29, 0.717) is 0 Å². The molecule has 1 rings (SSSR count). The highest BCUT2D eigenvalue weighted by Gasteiger charge is 2.14. The van der Waals surface area contributed by atoms with Crippen LogP contribution in [0, 0.1) is 19.8 Å². The van der Waals surface area contributed by atoms with Crippen LogP contribution in [-0.4, -0.2) is 18.9 Å². The van der Waals surface area contributed by atoms with Crippen molar-refractivity contribution in [1.29, 1.82) is 0 Å². The molecule has 1 N–H and O–H groups in total. The van der Waals surface area contributed by atoms with Gasteiger partial charge in [-0.15, -0.1) is 0 Å². The van der Waals surface area contributed by atoms with Gasteiger partial charge in [-0.2, -0.15) is 0 Å². The number of Topliss-reactive ketones (excluding diaryl/α,β-unsaturated/α-hetero) is 1. The smallest absolute Gasteiger partial charge is 0.166 e. The molecular weight excluding hydrogens is 198 g/mol. The minimum atomic E-state index is 0.0427. The Balaban J connectivity index is 2.79. The molecule has 1 atom stereocenters. The average Bonchev–Trinajstić information content (AvgIpc) is 2.23. The number of nitrogens with one attached hydrogen (secondary N) is 1. The van der Waals surface area contributed by atoms with Gasteiger partial charge in [0.05, 0.1) is 0 Å². The maximum Gasteiger partial charge on any atom is 0.166 e. The van der Waals surface area contributed by atoms with Gasteiger partial charge in [-0.25, -0.2) is 0 Å². The van der Waals surface area contributed by atoms with Crippen molar-refractivity contribution in [2.45, 2.75) is 27.7 Å². The maximum atomic E-state index is 12.1. The van der Waals surface area contributed by atoms with Crippen LogP contribution in [0.1, 0.15) is 35.3 Å². The summed E-state index contributed by atoms with van der Waals surface area (Å²) in [6.45, 7) is 9.74. The molecular formula is C14H21NO. The summed E-state index contributed by atoms with van der Waals surface area (Å²) in [5.41, 5.74) is 3.14. The summed E-state index contributed by atoms with van der Waals surface area (Å²) in [5.74, 6) is 0.272. The van der Waals surface area contributed by atoms with Crippen molar-refractivity contribution < 1.29 is 4.79 Å². The zero-order chi connectivity index (χ0) is 12.1. The molecule has 0 aliphatic heterocycles. The normalized spacial score (nSPS) is 12.5. The van der Waals surface area contributed by atoms with Crippen molar-refractivity contribution in [1.82, 2.24) is 5.32 Å². The summed E-state index contributed by atoms with van der Waals surface area (Å²) in [6.07, 6.45) is 0. The van der Waals surface area contributed by atoms with Crippen molar-refractivity contribution in [2.75, 3.05) is 13.1 Å². The van der Waals surface area contributed by atoms with Gasteiger partial charge in [0.25, 0.3) is 0 Å². The fourth-order valence-corrected chi connectivity index (χ4v) is 1.85. The number of carbonyl (C=O) groups is 1. The van der Waals surface area contributed by atoms with Crippen molar-refractivity contribution in [3.8, 4) is 0 Å². The topological polar surface area (TPSA) is 29.1 Å². The number of hydrogen-bond donors (Lipinski definition) is 1. The Labute approximate surface area is 98.1 Å². The summed E-state index contributed by atoms with van der Waals surface area (Å²) in [4.78, 5) is 12.1. The third kappa shape index (κ3) is 3.46. The molecule has 0 amide bonds. The third-order valence-corrected chi connectivity index (χ3v) is 2.65. The molecule has 0 aliphatic rings. The molecule has 2 nitrogen and oxygen atoms in total. The zero-order valence-corrected chi connectivity index (χ0v) is 10.6. The Morgan fingerprint density at radius 3 is 2.31 bits per heavy atom. The van der Waals surface area contributed by atoms with Gasteiger partial charge < -0.3 is 5.32 Å². The van der Waals surface area contributed by atoms with Crippen molar-refractivity contribution >= 4 is 5.78 Å². The molecule has 0 saturated carbocycles. The SMILES string of the molecule is CCNCC(C)C(=O)c1cc(C)cc(C)c1. The molecule has 0 spiro atoms. The van der Waals surface area contributed by atoms with Crippen LogP contribution >= 0.6 is 0 Å². The Kier molecular flexibility index (Phi) is 4.69. The van der Waals surface area contributed by atoms with Crippen LogP contribution < -0.4 is 5.32 Å². The molecule has 0 fully saturated rings. The van der Waals surface area contributed by atoms with Crippen LogP contribution in [0.2, 0.25) is 0 Å². The van der Waals surface area contributed by atoms with E-state index in [1.54, 1.807) is 0 Å². The number of benzene rings is 1. The summed E-state index contributed by atoms with van der Waals surface area (Å²) >= 11 is 0. The molecule has 1 aromatic carbocycles. The molecule has 0 saturated heterocycles. The monoisotopic (exact) mass is 219 g/mol. The van der Waals surface area contributed by atoms with E-state index in [4.69, 9.17) is 0 Å². The largest absolute Gasteiger partial charge is 0.316 e. The van der Waals surface area contributed by atoms with E-state index in [0.717, 1.165) is 29.8 Å². The third-order valence-electron chi connectivity index (χ3n) is 2.65. The maximum absolute atomic E-state index is 12.1. The Morgan fingerprint density at radius 2 is 1.81 bits per heavy atom. The molecule has 0 aromatic heterocycles. The van der Waals surface area contributed by atoms with Gasteiger partial charge >= 0.3 is 0 Å². The van der Waals surface area contributed by atoms with E-state index in [2.05, 4.69) is 11.4 Å². The predicted molar refractivity (Wildman–Crippen MR) is 68.0 cm³/mol. The molecule has 88 valence electrons. The van der Waals surface area contributed by atoms with Gasteiger partial charge in [0.1, 0.15) is 0 Å². The van der Waals surface area contributed by atoms with Gasteiger partial charge in [0, 0.05) is 18.0 Å². The summed E-state index contributed by atoms with van der Waals surface area (Å²) < 4.78 is 0. The van der Waals surface area contributed by atoms with Gasteiger partial charge in [0.2, 0.25) is 0 Å². The minimum absolute atomic E-state index is 0.0427. The van der Waals surface area contributed by atoms with E-state index >= 15 is 0 Å². The first-order valence-electron chi connectivity index (χ1n) is 5.87. The lowest BCUT2D eigenvalue weighted by atomic mass is 9.96. The highest BCUT2D eigenvalue weighted by atomic mass is 16.1. The number of ketones is 1. The van der Waals surface area contributed by atoms with E-state index in [9.17, 15) is 4.79 Å². The fraction of sp³-hybridized carbons (Fsp3) is 0.500. The number of rotatable bonds is 5. The standard InChI is InChI=1S/C14H21NO/c1-5-15-9-12(4)14(16)13-7-10(2)6-11(3)8-13/h6-8,12,15H,5,9H2,1-4H3. The summed E-state index contributed by atoms with van der Waals surface area (Å²) in [5, 5.41) is 3.21. The van der Waals surface area contributed by atoms with Crippen LogP contribution in [0.3, 0.4) is 0 Å². The Hall–Kier alpha value is -1.15. The number of aryl methyl sites for hydroxylation is 2. The quantitative estimate of drug-likeness (QED) is 0.771. The highest BCUT2D eigenvalue weighted by Crippen LogP contribution is 2.13. The summed E-state index contributed by atoms with van der Waals surface area (Å²) in [7, 11) is 0. The van der Waals surface area contributed by atoms with Crippen LogP contribution in [-0.2, 0) is 0 Å². The second kappa shape index (κ2) is 5.80. The lowest BCUT2D eigenvalue weighted by molar-refractivity contribution is 0.0929. The van der Waals surface area contributed by atoms with E-state index < -0.39 is 0 Å². The van der Waals surface area contributed by atoms with Gasteiger partial charge in [-0.1, -0.05) is 31.0 Å². The van der Waals surface area contributed by atoms with E-state index in [1.807, 2.05) is 39.8 Å². The molecule has 0 aliphatic carbocycles. The molecule has 16 heavy (non-hydrogen) atoms. The van der Waals surface area contributed by atoms with Crippen LogP contribution in [0.5, 0.6) is 0 Å². The predicted octanol–water partition coefficient (Wildman–Crippen LogP) is 2.73. The van der Waals surface area contributed by atoms with Crippen molar-refractivity contribution in [2.24, 2.45) is 5.92 Å². The Morgan fingerprint density at radius 1 is 1.25 bits per heavy atom. The molecule has 0 bridgehead atoms. The van der Waals surface area contributed by atoms with Gasteiger partial charge in [-0.05, 0) is 32.5 Å². The zero-order valence-electron chi connectivity index (χ0n) is 10.6. The van der Waals surface area contributed by atoms with Crippen molar-refractivity contribution in [3.63, 3.8) is 0 Å². The lowest BCUT2D eigenvalue weighted by Crippen LogP contribution is -2.26. The molecule has 0 radical (unpaired) electrons. The van der Waals surface area contributed by atoms with Gasteiger partial charge in [-0.3, -0.25) is 4.79 Å². The second-order valence-electron chi connectivity index (χ2n) is 4.45.